The molecule has 1 N–H and O–H groups in total. The SMILES string of the molecule is C=CCOC(=O)c1cccc(OCC(=O)O)c1. The van der Waals surface area contributed by atoms with Crippen molar-refractivity contribution in [2.45, 2.75) is 0 Å². The van der Waals surface area contributed by atoms with Crippen LogP contribution in [0, 0.1) is 0 Å². The first-order chi connectivity index (χ1) is 8.13. The van der Waals surface area contributed by atoms with E-state index in [9.17, 15) is 9.59 Å². The first-order valence-corrected chi connectivity index (χ1v) is 4.86. The summed E-state index contributed by atoms with van der Waals surface area (Å²) in [5.41, 5.74) is 0.301. The number of carbonyl (C=O) groups is 2. The molecule has 5 heteroatoms. The Morgan fingerprint density at radius 1 is 1.41 bits per heavy atom. The van der Waals surface area contributed by atoms with E-state index in [2.05, 4.69) is 6.58 Å². The molecule has 0 saturated carbocycles. The Kier molecular flexibility index (Phi) is 4.75. The molecule has 17 heavy (non-hydrogen) atoms. The summed E-state index contributed by atoms with van der Waals surface area (Å²) in [5.74, 6) is -1.28. The number of benzene rings is 1. The third kappa shape index (κ3) is 4.38. The minimum Gasteiger partial charge on any atom is -0.482 e. The summed E-state index contributed by atoms with van der Waals surface area (Å²) < 4.78 is 9.76. The van der Waals surface area contributed by atoms with Gasteiger partial charge < -0.3 is 14.6 Å². The van der Waals surface area contributed by atoms with Crippen molar-refractivity contribution < 1.29 is 24.2 Å². The predicted octanol–water partition coefficient (Wildman–Crippen LogP) is 1.49. The van der Waals surface area contributed by atoms with E-state index in [-0.39, 0.29) is 6.61 Å². The molecule has 0 aliphatic rings. The zero-order valence-corrected chi connectivity index (χ0v) is 9.09. The Labute approximate surface area is 98.3 Å². The van der Waals surface area contributed by atoms with Crippen molar-refractivity contribution in [2.24, 2.45) is 0 Å². The lowest BCUT2D eigenvalue weighted by molar-refractivity contribution is -0.139. The third-order valence-corrected chi connectivity index (χ3v) is 1.76. The highest BCUT2D eigenvalue weighted by molar-refractivity contribution is 5.89. The van der Waals surface area contributed by atoms with Crippen molar-refractivity contribution in [3.8, 4) is 5.75 Å². The molecule has 0 bridgehead atoms. The predicted molar refractivity (Wildman–Crippen MR) is 60.1 cm³/mol. The average molecular weight is 236 g/mol. The summed E-state index contributed by atoms with van der Waals surface area (Å²) in [6.45, 7) is 3.10. The normalized spacial score (nSPS) is 9.41. The van der Waals surface area contributed by atoms with Crippen LogP contribution in [-0.4, -0.2) is 30.3 Å². The highest BCUT2D eigenvalue weighted by atomic mass is 16.5. The Hall–Kier alpha value is -2.30. The van der Waals surface area contributed by atoms with Gasteiger partial charge in [-0.15, -0.1) is 0 Å². The maximum absolute atomic E-state index is 11.5. The largest absolute Gasteiger partial charge is 0.482 e. The molecule has 0 unspecified atom stereocenters. The van der Waals surface area contributed by atoms with E-state index >= 15 is 0 Å². The van der Waals surface area contributed by atoms with E-state index < -0.39 is 18.5 Å². The average Bonchev–Trinajstić information content (AvgIpc) is 2.33. The summed E-state index contributed by atoms with van der Waals surface area (Å²) in [6.07, 6.45) is 1.46. The Morgan fingerprint density at radius 2 is 2.18 bits per heavy atom. The summed E-state index contributed by atoms with van der Waals surface area (Å²) in [5, 5.41) is 8.44. The van der Waals surface area contributed by atoms with Crippen molar-refractivity contribution in [1.29, 1.82) is 0 Å². The van der Waals surface area contributed by atoms with E-state index in [1.165, 1.54) is 12.1 Å². The van der Waals surface area contributed by atoms with Gasteiger partial charge in [0.25, 0.3) is 0 Å². The standard InChI is InChI=1S/C12H12O5/c1-2-6-16-12(15)9-4-3-5-10(7-9)17-8-11(13)14/h2-5,7H,1,6,8H2,(H,13,14). The fourth-order valence-corrected chi connectivity index (χ4v) is 1.08. The number of hydrogen-bond donors (Lipinski definition) is 1. The summed E-state index contributed by atoms with van der Waals surface area (Å²) in [6, 6.07) is 6.13. The van der Waals surface area contributed by atoms with Crippen LogP contribution in [-0.2, 0) is 9.53 Å². The molecule has 1 rings (SSSR count). The van der Waals surface area contributed by atoms with Crippen molar-refractivity contribution in [3.63, 3.8) is 0 Å². The van der Waals surface area contributed by atoms with Crippen LogP contribution in [0.2, 0.25) is 0 Å². The fraction of sp³-hybridized carbons (Fsp3) is 0.167. The Morgan fingerprint density at radius 3 is 2.82 bits per heavy atom. The first kappa shape index (κ1) is 12.8. The second-order valence-electron chi connectivity index (χ2n) is 3.10. The molecule has 0 radical (unpaired) electrons. The van der Waals surface area contributed by atoms with Gasteiger partial charge in [-0.2, -0.15) is 0 Å². The number of esters is 1. The van der Waals surface area contributed by atoms with Gasteiger partial charge in [0.05, 0.1) is 5.56 Å². The van der Waals surface area contributed by atoms with Crippen LogP contribution < -0.4 is 4.74 Å². The monoisotopic (exact) mass is 236 g/mol. The number of carbonyl (C=O) groups excluding carboxylic acids is 1. The fourth-order valence-electron chi connectivity index (χ4n) is 1.08. The molecular formula is C12H12O5. The summed E-state index contributed by atoms with van der Waals surface area (Å²) >= 11 is 0. The van der Waals surface area contributed by atoms with E-state index in [1.54, 1.807) is 18.2 Å². The lowest BCUT2D eigenvalue weighted by Crippen LogP contribution is -2.10. The molecule has 0 atom stereocenters. The molecule has 0 aromatic heterocycles. The smallest absolute Gasteiger partial charge is 0.341 e. The number of aliphatic carboxylic acids is 1. The van der Waals surface area contributed by atoms with E-state index in [0.29, 0.717) is 11.3 Å². The van der Waals surface area contributed by atoms with Crippen LogP contribution >= 0.6 is 0 Å². The Bertz CT molecular complexity index is 425. The van der Waals surface area contributed by atoms with Crippen LogP contribution in [0.3, 0.4) is 0 Å². The molecule has 0 amide bonds. The second kappa shape index (κ2) is 6.32. The topological polar surface area (TPSA) is 72.8 Å². The van der Waals surface area contributed by atoms with Crippen molar-refractivity contribution in [2.75, 3.05) is 13.2 Å². The van der Waals surface area contributed by atoms with Gasteiger partial charge in [0.1, 0.15) is 12.4 Å². The molecule has 0 heterocycles. The highest BCUT2D eigenvalue weighted by Crippen LogP contribution is 2.14. The molecule has 0 spiro atoms. The van der Waals surface area contributed by atoms with Gasteiger partial charge in [0.15, 0.2) is 6.61 Å². The summed E-state index contributed by atoms with van der Waals surface area (Å²) in [4.78, 5) is 21.8. The van der Waals surface area contributed by atoms with Gasteiger partial charge in [-0.25, -0.2) is 9.59 Å². The number of hydrogen-bond acceptors (Lipinski definition) is 4. The van der Waals surface area contributed by atoms with Gasteiger partial charge in [-0.3, -0.25) is 0 Å². The van der Waals surface area contributed by atoms with Crippen LogP contribution in [0.4, 0.5) is 0 Å². The lowest BCUT2D eigenvalue weighted by Gasteiger charge is -2.05. The zero-order valence-electron chi connectivity index (χ0n) is 9.09. The van der Waals surface area contributed by atoms with Gasteiger partial charge >= 0.3 is 11.9 Å². The third-order valence-electron chi connectivity index (χ3n) is 1.76. The van der Waals surface area contributed by atoms with Crippen molar-refractivity contribution in [1.82, 2.24) is 0 Å². The summed E-state index contributed by atoms with van der Waals surface area (Å²) in [7, 11) is 0. The maximum Gasteiger partial charge on any atom is 0.341 e. The first-order valence-electron chi connectivity index (χ1n) is 4.86. The Balaban J connectivity index is 2.67. The van der Waals surface area contributed by atoms with Crippen LogP contribution in [0.15, 0.2) is 36.9 Å². The maximum atomic E-state index is 11.5. The van der Waals surface area contributed by atoms with Crippen LogP contribution in [0.5, 0.6) is 5.75 Å². The molecular weight excluding hydrogens is 224 g/mol. The number of carboxylic acid groups (broad SMARTS) is 1. The van der Waals surface area contributed by atoms with E-state index in [0.717, 1.165) is 0 Å². The highest BCUT2D eigenvalue weighted by Gasteiger charge is 2.08. The molecule has 5 nitrogen and oxygen atoms in total. The quantitative estimate of drug-likeness (QED) is 0.598. The number of ether oxygens (including phenoxy) is 2. The number of carboxylic acids is 1. The minimum atomic E-state index is -1.08. The zero-order chi connectivity index (χ0) is 12.7. The molecule has 0 saturated heterocycles. The molecule has 0 fully saturated rings. The number of rotatable bonds is 6. The molecule has 1 aromatic carbocycles. The van der Waals surface area contributed by atoms with Gasteiger partial charge in [0.2, 0.25) is 0 Å². The second-order valence-corrected chi connectivity index (χ2v) is 3.10. The van der Waals surface area contributed by atoms with Gasteiger partial charge in [-0.05, 0) is 18.2 Å². The molecule has 0 aliphatic heterocycles. The van der Waals surface area contributed by atoms with E-state index in [4.69, 9.17) is 14.6 Å². The van der Waals surface area contributed by atoms with Gasteiger partial charge in [-0.1, -0.05) is 18.7 Å². The van der Waals surface area contributed by atoms with Gasteiger partial charge in [0, 0.05) is 0 Å². The molecule has 0 aliphatic carbocycles. The van der Waals surface area contributed by atoms with Crippen LogP contribution in [0.25, 0.3) is 0 Å². The van der Waals surface area contributed by atoms with Crippen molar-refractivity contribution in [3.05, 3.63) is 42.5 Å². The lowest BCUT2D eigenvalue weighted by atomic mass is 10.2. The minimum absolute atomic E-state index is 0.124. The van der Waals surface area contributed by atoms with Crippen LogP contribution in [0.1, 0.15) is 10.4 Å². The van der Waals surface area contributed by atoms with E-state index in [1.807, 2.05) is 0 Å². The molecule has 90 valence electrons. The van der Waals surface area contributed by atoms with Crippen molar-refractivity contribution >= 4 is 11.9 Å². The molecule has 1 aromatic rings.